The number of hydrogen-bond acceptors (Lipinski definition) is 5. The minimum atomic E-state index is -3.60. The highest BCUT2D eigenvalue weighted by atomic mass is 35.5. The van der Waals surface area contributed by atoms with Crippen molar-refractivity contribution in [3.63, 3.8) is 0 Å². The molecular formula is C18H23ClN2O5S. The zero-order chi connectivity index (χ0) is 19.6. The third kappa shape index (κ3) is 4.12. The van der Waals surface area contributed by atoms with Crippen molar-refractivity contribution < 1.29 is 22.7 Å². The molecule has 3 rings (SSSR count). The van der Waals surface area contributed by atoms with Gasteiger partial charge in [0.25, 0.3) is 0 Å². The van der Waals surface area contributed by atoms with Crippen molar-refractivity contribution >= 4 is 33.5 Å². The van der Waals surface area contributed by atoms with Crippen molar-refractivity contribution in [3.05, 3.63) is 29.3 Å². The molecule has 2 heterocycles. The molecule has 27 heavy (non-hydrogen) atoms. The number of rotatable bonds is 4. The molecule has 0 spiro atoms. The van der Waals surface area contributed by atoms with Crippen LogP contribution in [-0.4, -0.2) is 62.3 Å². The molecule has 0 unspecified atom stereocenters. The fraction of sp³-hybridized carbons (Fsp3) is 0.556. The number of piperidine rings is 1. The number of carbonyl (C=O) groups is 2. The van der Waals surface area contributed by atoms with Crippen molar-refractivity contribution in [1.29, 1.82) is 0 Å². The van der Waals surface area contributed by atoms with E-state index < -0.39 is 16.1 Å². The summed E-state index contributed by atoms with van der Waals surface area (Å²) in [5.74, 6) is -0.734. The summed E-state index contributed by atoms with van der Waals surface area (Å²) in [6.45, 7) is 1.10. The molecule has 0 aromatic heterocycles. The summed E-state index contributed by atoms with van der Waals surface area (Å²) < 4.78 is 31.7. The Bertz CT molecular complexity index is 804. The Labute approximate surface area is 164 Å². The molecule has 2 aliphatic rings. The second-order valence-electron chi connectivity index (χ2n) is 6.85. The fourth-order valence-electron chi connectivity index (χ4n) is 3.74. The molecule has 0 radical (unpaired) electrons. The number of ether oxygens (including phenoxy) is 1. The summed E-state index contributed by atoms with van der Waals surface area (Å²) in [7, 11) is -2.28. The van der Waals surface area contributed by atoms with E-state index in [-0.39, 0.29) is 35.8 Å². The van der Waals surface area contributed by atoms with Crippen LogP contribution in [-0.2, 0) is 24.3 Å². The smallest absolute Gasteiger partial charge is 0.328 e. The molecule has 0 aliphatic carbocycles. The van der Waals surface area contributed by atoms with E-state index >= 15 is 0 Å². The predicted molar refractivity (Wildman–Crippen MR) is 99.7 cm³/mol. The molecule has 2 fully saturated rings. The molecule has 1 atom stereocenters. The van der Waals surface area contributed by atoms with Crippen molar-refractivity contribution in [2.24, 2.45) is 5.92 Å². The van der Waals surface area contributed by atoms with Gasteiger partial charge in [0.15, 0.2) is 0 Å². The Hall–Kier alpha value is -1.64. The molecular weight excluding hydrogens is 392 g/mol. The molecule has 1 aromatic carbocycles. The zero-order valence-corrected chi connectivity index (χ0v) is 16.7. The minimum absolute atomic E-state index is 0.0774. The first-order valence-corrected chi connectivity index (χ1v) is 10.8. The van der Waals surface area contributed by atoms with Crippen LogP contribution in [0.5, 0.6) is 0 Å². The van der Waals surface area contributed by atoms with Gasteiger partial charge in [-0.05, 0) is 49.9 Å². The monoisotopic (exact) mass is 414 g/mol. The van der Waals surface area contributed by atoms with Crippen molar-refractivity contribution in [1.82, 2.24) is 9.21 Å². The Morgan fingerprint density at radius 3 is 2.30 bits per heavy atom. The van der Waals surface area contributed by atoms with Crippen LogP contribution in [0.25, 0.3) is 0 Å². The fourth-order valence-corrected chi connectivity index (χ4v) is 5.34. The SMILES string of the molecule is COC(=O)[C@@H]1CCCN1C(=O)C1CCN(S(=O)(=O)c2ccc(Cl)cc2)CC1. The third-order valence-electron chi connectivity index (χ3n) is 5.26. The quantitative estimate of drug-likeness (QED) is 0.702. The van der Waals surface area contributed by atoms with Crippen LogP contribution in [0.1, 0.15) is 25.7 Å². The summed E-state index contributed by atoms with van der Waals surface area (Å²) in [6, 6.07) is 5.55. The van der Waals surface area contributed by atoms with E-state index in [0.717, 1.165) is 6.42 Å². The predicted octanol–water partition coefficient (Wildman–Crippen LogP) is 1.90. The molecule has 9 heteroatoms. The van der Waals surface area contributed by atoms with Crippen LogP contribution in [0.15, 0.2) is 29.2 Å². The number of hydrogen-bond donors (Lipinski definition) is 0. The van der Waals surface area contributed by atoms with Crippen molar-refractivity contribution in [3.8, 4) is 0 Å². The number of likely N-dealkylation sites (tertiary alicyclic amines) is 1. The molecule has 7 nitrogen and oxygen atoms in total. The molecule has 0 saturated carbocycles. The van der Waals surface area contributed by atoms with Crippen LogP contribution < -0.4 is 0 Å². The van der Waals surface area contributed by atoms with E-state index in [0.29, 0.717) is 30.8 Å². The maximum Gasteiger partial charge on any atom is 0.328 e. The first-order valence-electron chi connectivity index (χ1n) is 8.98. The maximum absolute atomic E-state index is 12.8. The van der Waals surface area contributed by atoms with Gasteiger partial charge >= 0.3 is 5.97 Å². The highest BCUT2D eigenvalue weighted by Crippen LogP contribution is 2.28. The van der Waals surface area contributed by atoms with Gasteiger partial charge in [0, 0.05) is 30.6 Å². The van der Waals surface area contributed by atoms with Crippen LogP contribution in [0.2, 0.25) is 5.02 Å². The van der Waals surface area contributed by atoms with Crippen LogP contribution in [0.4, 0.5) is 0 Å². The Morgan fingerprint density at radius 2 is 1.70 bits per heavy atom. The zero-order valence-electron chi connectivity index (χ0n) is 15.1. The summed E-state index contributed by atoms with van der Waals surface area (Å²) >= 11 is 5.82. The third-order valence-corrected chi connectivity index (χ3v) is 7.43. The highest BCUT2D eigenvalue weighted by Gasteiger charge is 2.39. The summed E-state index contributed by atoms with van der Waals surface area (Å²) in [4.78, 5) is 26.5. The Kier molecular flexibility index (Phi) is 6.08. The molecule has 0 bridgehead atoms. The van der Waals surface area contributed by atoms with Gasteiger partial charge in [0.2, 0.25) is 15.9 Å². The molecule has 2 aliphatic heterocycles. The second-order valence-corrected chi connectivity index (χ2v) is 9.22. The first kappa shape index (κ1) is 20.1. The number of esters is 1. The number of sulfonamides is 1. The molecule has 1 amide bonds. The average Bonchev–Trinajstić information content (AvgIpc) is 3.17. The van der Waals surface area contributed by atoms with Gasteiger partial charge in [0.05, 0.1) is 12.0 Å². The van der Waals surface area contributed by atoms with E-state index in [1.165, 1.54) is 23.5 Å². The highest BCUT2D eigenvalue weighted by molar-refractivity contribution is 7.89. The van der Waals surface area contributed by atoms with E-state index in [1.807, 2.05) is 0 Å². The van der Waals surface area contributed by atoms with Gasteiger partial charge in [-0.2, -0.15) is 4.31 Å². The normalized spacial score (nSPS) is 22.0. The van der Waals surface area contributed by atoms with Gasteiger partial charge in [-0.3, -0.25) is 4.79 Å². The summed E-state index contributed by atoms with van der Waals surface area (Å²) in [5, 5.41) is 0.476. The van der Waals surface area contributed by atoms with Gasteiger partial charge in [0.1, 0.15) is 6.04 Å². The van der Waals surface area contributed by atoms with Gasteiger partial charge in [-0.15, -0.1) is 0 Å². The standard InChI is InChI=1S/C18H23ClN2O5S/c1-26-18(23)16-3-2-10-21(16)17(22)13-8-11-20(12-9-13)27(24,25)15-6-4-14(19)5-7-15/h4-7,13,16H,2-3,8-12H2,1H3/t16-/m0/s1. The van der Waals surface area contributed by atoms with E-state index in [2.05, 4.69) is 0 Å². The first-order chi connectivity index (χ1) is 12.8. The Morgan fingerprint density at radius 1 is 1.07 bits per heavy atom. The van der Waals surface area contributed by atoms with Crippen molar-refractivity contribution in [2.45, 2.75) is 36.6 Å². The number of nitrogens with zero attached hydrogens (tertiary/aromatic N) is 2. The number of halogens is 1. The largest absolute Gasteiger partial charge is 0.467 e. The van der Waals surface area contributed by atoms with Crippen molar-refractivity contribution in [2.75, 3.05) is 26.7 Å². The van der Waals surface area contributed by atoms with Gasteiger partial charge in [-0.1, -0.05) is 11.6 Å². The van der Waals surface area contributed by atoms with E-state index in [9.17, 15) is 18.0 Å². The average molecular weight is 415 g/mol. The number of carbonyl (C=O) groups excluding carboxylic acids is 2. The lowest BCUT2D eigenvalue weighted by Gasteiger charge is -2.33. The molecule has 2 saturated heterocycles. The van der Waals surface area contributed by atoms with Crippen LogP contribution in [0, 0.1) is 5.92 Å². The minimum Gasteiger partial charge on any atom is -0.467 e. The summed E-state index contributed by atoms with van der Waals surface area (Å²) in [6.07, 6.45) is 2.27. The molecule has 148 valence electrons. The van der Waals surface area contributed by atoms with Crippen LogP contribution >= 0.6 is 11.6 Å². The number of benzene rings is 1. The number of methoxy groups -OCH3 is 1. The lowest BCUT2D eigenvalue weighted by atomic mass is 9.96. The van der Waals surface area contributed by atoms with Gasteiger partial charge < -0.3 is 9.64 Å². The topological polar surface area (TPSA) is 84.0 Å². The number of amides is 1. The van der Waals surface area contributed by atoms with E-state index in [1.54, 1.807) is 17.0 Å². The Balaban J connectivity index is 1.64. The maximum atomic E-state index is 12.8. The van der Waals surface area contributed by atoms with Gasteiger partial charge in [-0.25, -0.2) is 13.2 Å². The van der Waals surface area contributed by atoms with Crippen LogP contribution in [0.3, 0.4) is 0 Å². The lowest BCUT2D eigenvalue weighted by Crippen LogP contribution is -2.47. The molecule has 1 aromatic rings. The second kappa shape index (κ2) is 8.16. The lowest BCUT2D eigenvalue weighted by molar-refractivity contribution is -0.152. The molecule has 0 N–H and O–H groups in total. The van der Waals surface area contributed by atoms with E-state index in [4.69, 9.17) is 16.3 Å². The summed E-state index contributed by atoms with van der Waals surface area (Å²) in [5.41, 5.74) is 0.